The van der Waals surface area contributed by atoms with Crippen LogP contribution in [0.5, 0.6) is 0 Å². The van der Waals surface area contributed by atoms with Crippen molar-refractivity contribution in [1.29, 1.82) is 0 Å². The molecule has 3 rings (SSSR count). The molecular weight excluding hydrogens is 306 g/mol. The molecule has 7 nitrogen and oxygen atoms in total. The van der Waals surface area contributed by atoms with Crippen LogP contribution < -0.4 is 10.9 Å². The number of carbonyl (C=O) groups is 1. The van der Waals surface area contributed by atoms with Crippen LogP contribution in [0.1, 0.15) is 18.4 Å². The highest BCUT2D eigenvalue weighted by molar-refractivity contribution is 5.76. The van der Waals surface area contributed by atoms with Gasteiger partial charge in [-0.15, -0.1) is 5.10 Å². The van der Waals surface area contributed by atoms with Crippen molar-refractivity contribution in [2.24, 2.45) is 0 Å². The monoisotopic (exact) mass is 323 g/mol. The molecule has 24 heavy (non-hydrogen) atoms. The molecule has 0 spiro atoms. The lowest BCUT2D eigenvalue weighted by atomic mass is 10.2. The van der Waals surface area contributed by atoms with Crippen molar-refractivity contribution in [3.05, 3.63) is 64.7 Å². The van der Waals surface area contributed by atoms with Gasteiger partial charge in [0.15, 0.2) is 0 Å². The van der Waals surface area contributed by atoms with E-state index in [2.05, 4.69) is 20.6 Å². The van der Waals surface area contributed by atoms with E-state index in [1.807, 2.05) is 18.2 Å². The summed E-state index contributed by atoms with van der Waals surface area (Å²) in [5.74, 6) is -0.0688. The van der Waals surface area contributed by atoms with Crippen LogP contribution in [0, 0.1) is 0 Å². The molecule has 0 aliphatic rings. The van der Waals surface area contributed by atoms with E-state index >= 15 is 0 Å². The van der Waals surface area contributed by atoms with Crippen LogP contribution >= 0.6 is 0 Å². The summed E-state index contributed by atoms with van der Waals surface area (Å²) >= 11 is 0. The van der Waals surface area contributed by atoms with E-state index in [0.717, 1.165) is 5.56 Å². The predicted molar refractivity (Wildman–Crippen MR) is 89.1 cm³/mol. The fraction of sp³-hybridized carbons (Fsp3) is 0.235. The number of rotatable bonds is 6. The number of aryl methyl sites for hydroxylation is 1. The standard InChI is InChI=1S/C17H17N5O2/c23-16(19-12-13-5-3-9-18-11-13)8-4-10-22-17(24)14-6-1-2-7-15(14)20-21-22/h1-3,5-7,9,11H,4,8,10,12H2,(H,19,23). The molecule has 0 atom stereocenters. The number of carbonyl (C=O) groups excluding carboxylic acids is 1. The van der Waals surface area contributed by atoms with Gasteiger partial charge in [0.25, 0.3) is 5.56 Å². The quantitative estimate of drug-likeness (QED) is 0.738. The molecule has 1 N–H and O–H groups in total. The van der Waals surface area contributed by atoms with Crippen molar-refractivity contribution in [3.8, 4) is 0 Å². The van der Waals surface area contributed by atoms with Crippen LogP contribution in [0.25, 0.3) is 10.9 Å². The first-order chi connectivity index (χ1) is 11.7. The molecule has 0 bridgehead atoms. The molecule has 0 saturated carbocycles. The minimum atomic E-state index is -0.184. The number of aromatic nitrogens is 4. The van der Waals surface area contributed by atoms with Crippen LogP contribution in [0.2, 0.25) is 0 Å². The smallest absolute Gasteiger partial charge is 0.277 e. The Bertz CT molecular complexity index is 892. The second kappa shape index (κ2) is 7.45. The average molecular weight is 323 g/mol. The van der Waals surface area contributed by atoms with E-state index < -0.39 is 0 Å². The fourth-order valence-electron chi connectivity index (χ4n) is 2.35. The molecule has 0 fully saturated rings. The number of fused-ring (bicyclic) bond motifs is 1. The van der Waals surface area contributed by atoms with Crippen LogP contribution in [-0.2, 0) is 17.9 Å². The first kappa shape index (κ1) is 15.8. The summed E-state index contributed by atoms with van der Waals surface area (Å²) in [5.41, 5.74) is 1.34. The van der Waals surface area contributed by atoms with Crippen molar-refractivity contribution in [2.75, 3.05) is 0 Å². The normalized spacial score (nSPS) is 10.7. The maximum Gasteiger partial charge on any atom is 0.277 e. The van der Waals surface area contributed by atoms with Gasteiger partial charge in [-0.25, -0.2) is 4.68 Å². The van der Waals surface area contributed by atoms with Crippen molar-refractivity contribution in [3.63, 3.8) is 0 Å². The summed E-state index contributed by atoms with van der Waals surface area (Å²) < 4.78 is 1.30. The minimum Gasteiger partial charge on any atom is -0.352 e. The second-order valence-electron chi connectivity index (χ2n) is 5.38. The summed E-state index contributed by atoms with van der Waals surface area (Å²) in [6.45, 7) is 0.805. The van der Waals surface area contributed by atoms with E-state index in [1.54, 1.807) is 30.6 Å². The number of benzene rings is 1. The average Bonchev–Trinajstić information content (AvgIpc) is 2.63. The molecule has 0 aliphatic heterocycles. The number of hydrogen-bond donors (Lipinski definition) is 1. The van der Waals surface area contributed by atoms with Gasteiger partial charge in [-0.1, -0.05) is 23.4 Å². The van der Waals surface area contributed by atoms with E-state index in [-0.39, 0.29) is 11.5 Å². The zero-order chi connectivity index (χ0) is 16.8. The molecule has 1 aromatic carbocycles. The molecule has 0 aliphatic carbocycles. The Hall–Kier alpha value is -3.09. The van der Waals surface area contributed by atoms with Gasteiger partial charge in [-0.3, -0.25) is 14.6 Å². The van der Waals surface area contributed by atoms with Crippen molar-refractivity contribution in [1.82, 2.24) is 25.3 Å². The molecule has 3 aromatic rings. The second-order valence-corrected chi connectivity index (χ2v) is 5.38. The number of nitrogens with one attached hydrogen (secondary N) is 1. The molecule has 122 valence electrons. The zero-order valence-corrected chi connectivity index (χ0v) is 13.1. The van der Waals surface area contributed by atoms with Gasteiger partial charge in [-0.05, 0) is 30.2 Å². The lowest BCUT2D eigenvalue weighted by Gasteiger charge is -2.06. The van der Waals surface area contributed by atoms with Gasteiger partial charge in [0, 0.05) is 31.9 Å². The lowest BCUT2D eigenvalue weighted by molar-refractivity contribution is -0.121. The number of nitrogens with zero attached hydrogens (tertiary/aromatic N) is 4. The van der Waals surface area contributed by atoms with Crippen LogP contribution in [0.4, 0.5) is 0 Å². The molecule has 7 heteroatoms. The maximum absolute atomic E-state index is 12.3. The first-order valence-electron chi connectivity index (χ1n) is 7.72. The fourth-order valence-corrected chi connectivity index (χ4v) is 2.35. The Morgan fingerprint density at radius 2 is 2.04 bits per heavy atom. The van der Waals surface area contributed by atoms with Gasteiger partial charge in [0.2, 0.25) is 5.91 Å². The van der Waals surface area contributed by atoms with Crippen LogP contribution in [-0.4, -0.2) is 25.9 Å². The van der Waals surface area contributed by atoms with Gasteiger partial charge >= 0.3 is 0 Å². The van der Waals surface area contributed by atoms with Crippen molar-refractivity contribution < 1.29 is 4.79 Å². The summed E-state index contributed by atoms with van der Waals surface area (Å²) in [5, 5.41) is 11.3. The number of amides is 1. The Morgan fingerprint density at radius 1 is 1.17 bits per heavy atom. The molecular formula is C17H17N5O2. The Morgan fingerprint density at radius 3 is 2.88 bits per heavy atom. The highest BCUT2D eigenvalue weighted by Crippen LogP contribution is 2.04. The largest absolute Gasteiger partial charge is 0.352 e. The molecule has 0 saturated heterocycles. The van der Waals surface area contributed by atoms with E-state index in [1.165, 1.54) is 4.68 Å². The number of hydrogen-bond acceptors (Lipinski definition) is 5. The summed E-state index contributed by atoms with van der Waals surface area (Å²) in [6.07, 6.45) is 4.24. The number of pyridine rings is 1. The SMILES string of the molecule is O=C(CCCn1nnc2ccccc2c1=O)NCc1cccnc1. The molecule has 2 heterocycles. The molecule has 1 amide bonds. The van der Waals surface area contributed by atoms with Crippen LogP contribution in [0.3, 0.4) is 0 Å². The van der Waals surface area contributed by atoms with E-state index in [0.29, 0.717) is 36.8 Å². The Kier molecular flexibility index (Phi) is 4.90. The van der Waals surface area contributed by atoms with E-state index in [4.69, 9.17) is 0 Å². The van der Waals surface area contributed by atoms with E-state index in [9.17, 15) is 9.59 Å². The Balaban J connectivity index is 1.52. The summed E-state index contributed by atoms with van der Waals surface area (Å²) in [6, 6.07) is 10.8. The third-order valence-corrected chi connectivity index (χ3v) is 3.62. The van der Waals surface area contributed by atoms with Gasteiger partial charge in [0.1, 0.15) is 5.52 Å². The third-order valence-electron chi connectivity index (χ3n) is 3.62. The topological polar surface area (TPSA) is 89.8 Å². The summed E-state index contributed by atoms with van der Waals surface area (Å²) in [7, 11) is 0. The predicted octanol–water partition coefficient (Wildman–Crippen LogP) is 1.28. The first-order valence-corrected chi connectivity index (χ1v) is 7.72. The minimum absolute atomic E-state index is 0.0688. The molecule has 0 unspecified atom stereocenters. The van der Waals surface area contributed by atoms with Gasteiger partial charge in [0.05, 0.1) is 5.39 Å². The summed E-state index contributed by atoms with van der Waals surface area (Å²) in [4.78, 5) is 28.1. The van der Waals surface area contributed by atoms with Crippen molar-refractivity contribution >= 4 is 16.8 Å². The molecule has 2 aromatic heterocycles. The maximum atomic E-state index is 12.3. The van der Waals surface area contributed by atoms with Gasteiger partial charge < -0.3 is 5.32 Å². The Labute approximate surface area is 138 Å². The third kappa shape index (κ3) is 3.81. The lowest BCUT2D eigenvalue weighted by Crippen LogP contribution is -2.26. The zero-order valence-electron chi connectivity index (χ0n) is 13.1. The highest BCUT2D eigenvalue weighted by Gasteiger charge is 2.06. The molecule has 0 radical (unpaired) electrons. The van der Waals surface area contributed by atoms with Gasteiger partial charge in [-0.2, -0.15) is 0 Å². The van der Waals surface area contributed by atoms with Crippen LogP contribution in [0.15, 0.2) is 53.6 Å². The highest BCUT2D eigenvalue weighted by atomic mass is 16.1. The van der Waals surface area contributed by atoms with Crippen molar-refractivity contribution in [2.45, 2.75) is 25.9 Å².